The molecule has 23 heavy (non-hydrogen) atoms. The molecule has 2 aromatic rings. The van der Waals surface area contributed by atoms with Crippen LogP contribution in [0.5, 0.6) is 0 Å². The van der Waals surface area contributed by atoms with Crippen molar-refractivity contribution in [2.75, 3.05) is 13.1 Å². The summed E-state index contributed by atoms with van der Waals surface area (Å²) < 4.78 is 44.2. The average molecular weight is 325 g/mol. The first-order chi connectivity index (χ1) is 10.9. The van der Waals surface area contributed by atoms with E-state index in [0.717, 1.165) is 6.07 Å². The van der Waals surface area contributed by atoms with Gasteiger partial charge in [-0.1, -0.05) is 17.3 Å². The number of carbonyl (C=O) groups is 1. The molecule has 1 aromatic carbocycles. The van der Waals surface area contributed by atoms with E-state index in [9.17, 15) is 18.0 Å². The van der Waals surface area contributed by atoms with E-state index in [2.05, 4.69) is 10.1 Å². The molecule has 1 atom stereocenters. The smallest absolute Gasteiger partial charge is 0.339 e. The molecule has 1 saturated heterocycles. The first-order valence-corrected chi connectivity index (χ1v) is 7.12. The van der Waals surface area contributed by atoms with E-state index in [1.165, 1.54) is 23.1 Å². The number of hydrogen-bond acceptors (Lipinski definition) is 4. The van der Waals surface area contributed by atoms with Crippen LogP contribution in [0.4, 0.5) is 13.2 Å². The summed E-state index contributed by atoms with van der Waals surface area (Å²) in [6.45, 7) is 2.31. The number of halogens is 3. The number of benzene rings is 1. The number of carbonyl (C=O) groups excluding carboxylic acids is 1. The highest BCUT2D eigenvalue weighted by Gasteiger charge is 2.38. The molecule has 1 fully saturated rings. The van der Waals surface area contributed by atoms with Crippen molar-refractivity contribution < 1.29 is 22.5 Å². The van der Waals surface area contributed by atoms with Crippen molar-refractivity contribution in [3.05, 3.63) is 47.1 Å². The molecule has 0 radical (unpaired) electrons. The highest BCUT2D eigenvalue weighted by molar-refractivity contribution is 5.96. The predicted molar refractivity (Wildman–Crippen MR) is 73.7 cm³/mol. The standard InChI is InChI=1S/C15H14F3N3O2/c1-9-19-13(23-20-9)10-6-7-21(8-10)14(22)11-4-2-3-5-12(11)15(16,17)18/h2-5,10H,6-8H2,1H3/t10-/m1/s1. The molecule has 0 spiro atoms. The minimum atomic E-state index is -4.56. The zero-order valence-corrected chi connectivity index (χ0v) is 12.3. The van der Waals surface area contributed by atoms with Crippen LogP contribution >= 0.6 is 0 Å². The molecular formula is C15H14F3N3O2. The van der Waals surface area contributed by atoms with Crippen LogP contribution in [0.2, 0.25) is 0 Å². The molecule has 0 saturated carbocycles. The summed E-state index contributed by atoms with van der Waals surface area (Å²) in [4.78, 5) is 18.0. The molecule has 0 unspecified atom stereocenters. The number of rotatable bonds is 2. The Morgan fingerprint density at radius 1 is 1.35 bits per heavy atom. The number of nitrogens with zero attached hydrogens (tertiary/aromatic N) is 3. The van der Waals surface area contributed by atoms with Crippen molar-refractivity contribution in [1.29, 1.82) is 0 Å². The monoisotopic (exact) mass is 325 g/mol. The number of amides is 1. The van der Waals surface area contributed by atoms with Crippen molar-refractivity contribution in [1.82, 2.24) is 15.0 Å². The molecule has 1 aliphatic heterocycles. The Balaban J connectivity index is 1.80. The van der Waals surface area contributed by atoms with Gasteiger partial charge in [-0.25, -0.2) is 0 Å². The van der Waals surface area contributed by atoms with Crippen LogP contribution in [-0.4, -0.2) is 34.0 Å². The lowest BCUT2D eigenvalue weighted by Crippen LogP contribution is -2.30. The molecule has 0 bridgehead atoms. The number of likely N-dealkylation sites (tertiary alicyclic amines) is 1. The Hall–Kier alpha value is -2.38. The number of hydrogen-bond donors (Lipinski definition) is 0. The lowest BCUT2D eigenvalue weighted by atomic mass is 10.1. The maximum absolute atomic E-state index is 13.0. The maximum Gasteiger partial charge on any atom is 0.417 e. The van der Waals surface area contributed by atoms with Gasteiger partial charge >= 0.3 is 6.18 Å². The molecule has 2 heterocycles. The van der Waals surface area contributed by atoms with Gasteiger partial charge in [0.05, 0.1) is 17.0 Å². The molecule has 1 amide bonds. The van der Waals surface area contributed by atoms with Crippen LogP contribution in [-0.2, 0) is 6.18 Å². The summed E-state index contributed by atoms with van der Waals surface area (Å²) in [5.74, 6) is 0.143. The van der Waals surface area contributed by atoms with E-state index in [1.54, 1.807) is 6.92 Å². The zero-order chi connectivity index (χ0) is 16.6. The van der Waals surface area contributed by atoms with Gasteiger partial charge in [-0.3, -0.25) is 4.79 Å². The van der Waals surface area contributed by atoms with Gasteiger partial charge in [-0.15, -0.1) is 0 Å². The SMILES string of the molecule is Cc1noc([C@@H]2CCN(C(=O)c3ccccc3C(F)(F)F)C2)n1. The van der Waals surface area contributed by atoms with Gasteiger partial charge in [0.2, 0.25) is 5.89 Å². The Morgan fingerprint density at radius 3 is 2.74 bits per heavy atom. The van der Waals surface area contributed by atoms with Crippen molar-refractivity contribution in [3.63, 3.8) is 0 Å². The van der Waals surface area contributed by atoms with Gasteiger partial charge in [0.25, 0.3) is 5.91 Å². The maximum atomic E-state index is 13.0. The van der Waals surface area contributed by atoms with E-state index < -0.39 is 17.6 Å². The van der Waals surface area contributed by atoms with Gasteiger partial charge in [-0.2, -0.15) is 18.2 Å². The average Bonchev–Trinajstić information content (AvgIpc) is 3.14. The Morgan fingerprint density at radius 2 is 2.09 bits per heavy atom. The number of aryl methyl sites for hydroxylation is 1. The third-order valence-electron chi connectivity index (χ3n) is 3.83. The topological polar surface area (TPSA) is 59.2 Å². The first-order valence-electron chi connectivity index (χ1n) is 7.12. The molecule has 0 N–H and O–H groups in total. The zero-order valence-electron chi connectivity index (χ0n) is 12.3. The molecule has 8 heteroatoms. The highest BCUT2D eigenvalue weighted by atomic mass is 19.4. The summed E-state index contributed by atoms with van der Waals surface area (Å²) in [6.07, 6.45) is -3.98. The third-order valence-corrected chi connectivity index (χ3v) is 3.83. The summed E-state index contributed by atoms with van der Waals surface area (Å²) in [5, 5.41) is 3.70. The third kappa shape index (κ3) is 3.06. The second-order valence-electron chi connectivity index (χ2n) is 5.46. The minimum Gasteiger partial charge on any atom is -0.339 e. The van der Waals surface area contributed by atoms with Crippen LogP contribution < -0.4 is 0 Å². The van der Waals surface area contributed by atoms with E-state index in [-0.39, 0.29) is 18.0 Å². The fourth-order valence-electron chi connectivity index (χ4n) is 2.71. The Kier molecular flexibility index (Phi) is 3.83. The van der Waals surface area contributed by atoms with Crippen LogP contribution in [0.3, 0.4) is 0 Å². The predicted octanol–water partition coefficient (Wildman–Crippen LogP) is 3.03. The normalized spacial score (nSPS) is 18.4. The van der Waals surface area contributed by atoms with E-state index in [4.69, 9.17) is 4.52 Å². The molecule has 3 rings (SSSR count). The van der Waals surface area contributed by atoms with Crippen molar-refractivity contribution in [3.8, 4) is 0 Å². The van der Waals surface area contributed by atoms with E-state index in [1.807, 2.05) is 0 Å². The molecule has 122 valence electrons. The van der Waals surface area contributed by atoms with Crippen molar-refractivity contribution in [2.24, 2.45) is 0 Å². The lowest BCUT2D eigenvalue weighted by molar-refractivity contribution is -0.138. The highest BCUT2D eigenvalue weighted by Crippen LogP contribution is 2.34. The van der Waals surface area contributed by atoms with Crippen LogP contribution in [0.15, 0.2) is 28.8 Å². The van der Waals surface area contributed by atoms with Crippen molar-refractivity contribution >= 4 is 5.91 Å². The van der Waals surface area contributed by atoms with E-state index >= 15 is 0 Å². The quantitative estimate of drug-likeness (QED) is 0.851. The van der Waals surface area contributed by atoms with Crippen molar-refractivity contribution in [2.45, 2.75) is 25.4 Å². The van der Waals surface area contributed by atoms with Gasteiger partial charge < -0.3 is 9.42 Å². The van der Waals surface area contributed by atoms with Gasteiger partial charge in [0.15, 0.2) is 5.82 Å². The van der Waals surface area contributed by atoms with Gasteiger partial charge in [0.1, 0.15) is 0 Å². The van der Waals surface area contributed by atoms with Gasteiger partial charge in [-0.05, 0) is 25.5 Å². The summed E-state index contributed by atoms with van der Waals surface area (Å²) in [5.41, 5.74) is -1.25. The second kappa shape index (κ2) is 5.68. The fourth-order valence-corrected chi connectivity index (χ4v) is 2.71. The molecule has 5 nitrogen and oxygen atoms in total. The van der Waals surface area contributed by atoms with Gasteiger partial charge in [0, 0.05) is 13.1 Å². The first kappa shape index (κ1) is 15.5. The molecular weight excluding hydrogens is 311 g/mol. The summed E-state index contributed by atoms with van der Waals surface area (Å²) >= 11 is 0. The summed E-state index contributed by atoms with van der Waals surface area (Å²) in [7, 11) is 0. The molecule has 0 aliphatic carbocycles. The van der Waals surface area contributed by atoms with Crippen LogP contribution in [0, 0.1) is 6.92 Å². The largest absolute Gasteiger partial charge is 0.417 e. The number of alkyl halides is 3. The van der Waals surface area contributed by atoms with E-state index in [0.29, 0.717) is 24.7 Å². The lowest BCUT2D eigenvalue weighted by Gasteiger charge is -2.19. The Labute approximate surface area is 130 Å². The minimum absolute atomic E-state index is 0.141. The molecule has 1 aromatic heterocycles. The van der Waals surface area contributed by atoms with Crippen LogP contribution in [0.25, 0.3) is 0 Å². The molecule has 1 aliphatic rings. The summed E-state index contributed by atoms with van der Waals surface area (Å²) in [6, 6.07) is 4.82. The Bertz CT molecular complexity index is 727. The number of aromatic nitrogens is 2. The van der Waals surface area contributed by atoms with Crippen LogP contribution in [0.1, 0.15) is 40.0 Å². The second-order valence-corrected chi connectivity index (χ2v) is 5.46. The fraction of sp³-hybridized carbons (Fsp3) is 0.400.